The number of rotatable bonds is 1. The van der Waals surface area contributed by atoms with Crippen LogP contribution in [-0.4, -0.2) is 12.1 Å². The summed E-state index contributed by atoms with van der Waals surface area (Å²) in [4.78, 5) is 0. The summed E-state index contributed by atoms with van der Waals surface area (Å²) in [6, 6.07) is 0. The second kappa shape index (κ2) is 2.78. The summed E-state index contributed by atoms with van der Waals surface area (Å²) in [7, 11) is 0. The first-order chi connectivity index (χ1) is 4.91. The van der Waals surface area contributed by atoms with E-state index in [-0.39, 0.29) is 0 Å². The molecule has 0 amide bonds. The SMILES string of the molecule is CC(C)(C)CC1(C)CCCN1. The summed E-state index contributed by atoms with van der Waals surface area (Å²) in [5.41, 5.74) is 0.893. The van der Waals surface area contributed by atoms with Crippen LogP contribution in [0.1, 0.15) is 47.0 Å². The molecule has 1 aliphatic rings. The summed E-state index contributed by atoms with van der Waals surface area (Å²) < 4.78 is 0. The van der Waals surface area contributed by atoms with E-state index >= 15 is 0 Å². The molecule has 0 saturated carbocycles. The minimum atomic E-state index is 0.429. The van der Waals surface area contributed by atoms with Crippen molar-refractivity contribution >= 4 is 0 Å². The van der Waals surface area contributed by atoms with E-state index in [4.69, 9.17) is 0 Å². The number of hydrogen-bond donors (Lipinski definition) is 1. The monoisotopic (exact) mass is 155 g/mol. The molecule has 1 atom stereocenters. The van der Waals surface area contributed by atoms with E-state index in [9.17, 15) is 0 Å². The fraction of sp³-hybridized carbons (Fsp3) is 1.00. The smallest absolute Gasteiger partial charge is 0.0158 e. The predicted octanol–water partition coefficient (Wildman–Crippen LogP) is 2.56. The second-order valence-electron chi connectivity index (χ2n) is 5.33. The highest BCUT2D eigenvalue weighted by molar-refractivity contribution is 4.91. The zero-order valence-electron chi connectivity index (χ0n) is 8.33. The minimum absolute atomic E-state index is 0.429. The molecule has 0 aliphatic carbocycles. The lowest BCUT2D eigenvalue weighted by Gasteiger charge is -2.32. The average Bonchev–Trinajstić information content (AvgIpc) is 2.09. The highest BCUT2D eigenvalue weighted by atomic mass is 15.0. The Kier molecular flexibility index (Phi) is 2.29. The lowest BCUT2D eigenvalue weighted by atomic mass is 9.80. The maximum Gasteiger partial charge on any atom is 0.0158 e. The molecule has 1 fully saturated rings. The van der Waals surface area contributed by atoms with Gasteiger partial charge in [-0.2, -0.15) is 0 Å². The average molecular weight is 155 g/mol. The van der Waals surface area contributed by atoms with E-state index in [1.54, 1.807) is 0 Å². The summed E-state index contributed by atoms with van der Waals surface area (Å²) in [5.74, 6) is 0. The third kappa shape index (κ3) is 2.82. The van der Waals surface area contributed by atoms with Gasteiger partial charge in [0.15, 0.2) is 0 Å². The Bertz CT molecular complexity index is 126. The molecule has 1 nitrogen and oxygen atoms in total. The molecule has 1 unspecified atom stereocenters. The normalized spacial score (nSPS) is 32.7. The molecule has 1 rings (SSSR count). The van der Waals surface area contributed by atoms with Gasteiger partial charge in [0.05, 0.1) is 0 Å². The van der Waals surface area contributed by atoms with Crippen LogP contribution in [0.4, 0.5) is 0 Å². The van der Waals surface area contributed by atoms with Gasteiger partial charge in [-0.1, -0.05) is 20.8 Å². The maximum absolute atomic E-state index is 3.59. The largest absolute Gasteiger partial charge is 0.311 e. The van der Waals surface area contributed by atoms with Crippen molar-refractivity contribution in [3.05, 3.63) is 0 Å². The fourth-order valence-corrected chi connectivity index (χ4v) is 2.28. The Balaban J connectivity index is 2.46. The van der Waals surface area contributed by atoms with Gasteiger partial charge in [0, 0.05) is 5.54 Å². The number of hydrogen-bond acceptors (Lipinski definition) is 1. The lowest BCUT2D eigenvalue weighted by molar-refractivity contribution is 0.248. The number of nitrogens with one attached hydrogen (secondary N) is 1. The zero-order valence-corrected chi connectivity index (χ0v) is 8.33. The van der Waals surface area contributed by atoms with E-state index in [1.165, 1.54) is 25.8 Å². The quantitative estimate of drug-likeness (QED) is 0.613. The fourth-order valence-electron chi connectivity index (χ4n) is 2.28. The van der Waals surface area contributed by atoms with E-state index in [0.29, 0.717) is 11.0 Å². The van der Waals surface area contributed by atoms with Crippen LogP contribution < -0.4 is 5.32 Å². The van der Waals surface area contributed by atoms with Crippen molar-refractivity contribution in [2.24, 2.45) is 5.41 Å². The van der Waals surface area contributed by atoms with Crippen LogP contribution in [0.5, 0.6) is 0 Å². The van der Waals surface area contributed by atoms with Gasteiger partial charge < -0.3 is 5.32 Å². The second-order valence-corrected chi connectivity index (χ2v) is 5.33. The van der Waals surface area contributed by atoms with Crippen LogP contribution in [-0.2, 0) is 0 Å². The molecule has 11 heavy (non-hydrogen) atoms. The molecule has 0 aromatic rings. The van der Waals surface area contributed by atoms with Gasteiger partial charge in [-0.05, 0) is 38.1 Å². The van der Waals surface area contributed by atoms with Crippen molar-refractivity contribution in [2.45, 2.75) is 52.5 Å². The molecule has 0 aromatic carbocycles. The predicted molar refractivity (Wildman–Crippen MR) is 49.7 cm³/mol. The van der Waals surface area contributed by atoms with E-state index in [1.807, 2.05) is 0 Å². The van der Waals surface area contributed by atoms with Crippen molar-refractivity contribution < 1.29 is 0 Å². The summed E-state index contributed by atoms with van der Waals surface area (Å²) >= 11 is 0. The van der Waals surface area contributed by atoms with Gasteiger partial charge >= 0.3 is 0 Å². The minimum Gasteiger partial charge on any atom is -0.311 e. The first-order valence-corrected chi connectivity index (χ1v) is 4.66. The van der Waals surface area contributed by atoms with Crippen molar-refractivity contribution in [1.82, 2.24) is 5.32 Å². The van der Waals surface area contributed by atoms with Crippen LogP contribution in [0.15, 0.2) is 0 Å². The molecule has 0 radical (unpaired) electrons. The third-order valence-electron chi connectivity index (χ3n) is 2.38. The van der Waals surface area contributed by atoms with Crippen LogP contribution in [0.25, 0.3) is 0 Å². The standard InChI is InChI=1S/C10H21N/c1-9(2,3)8-10(4)6-5-7-11-10/h11H,5-8H2,1-4H3. The molecule has 66 valence electrons. The Morgan fingerprint density at radius 3 is 2.36 bits per heavy atom. The van der Waals surface area contributed by atoms with Crippen LogP contribution >= 0.6 is 0 Å². The molecular weight excluding hydrogens is 134 g/mol. The van der Waals surface area contributed by atoms with E-state index in [2.05, 4.69) is 33.0 Å². The van der Waals surface area contributed by atoms with Crippen molar-refractivity contribution in [3.63, 3.8) is 0 Å². The topological polar surface area (TPSA) is 12.0 Å². The zero-order chi connectivity index (χ0) is 8.54. The Morgan fingerprint density at radius 1 is 1.36 bits per heavy atom. The van der Waals surface area contributed by atoms with Crippen LogP contribution in [0.2, 0.25) is 0 Å². The lowest BCUT2D eigenvalue weighted by Crippen LogP contribution is -2.39. The highest BCUT2D eigenvalue weighted by Crippen LogP contribution is 2.32. The molecule has 1 aliphatic heterocycles. The summed E-state index contributed by atoms with van der Waals surface area (Å²) in [6.07, 6.45) is 4.00. The maximum atomic E-state index is 3.59. The first-order valence-electron chi connectivity index (χ1n) is 4.66. The molecule has 0 spiro atoms. The van der Waals surface area contributed by atoms with E-state index < -0.39 is 0 Å². The van der Waals surface area contributed by atoms with Crippen LogP contribution in [0, 0.1) is 5.41 Å². The molecule has 1 heteroatoms. The Hall–Kier alpha value is -0.0400. The molecular formula is C10H21N. The van der Waals surface area contributed by atoms with Gasteiger partial charge in [-0.3, -0.25) is 0 Å². The van der Waals surface area contributed by atoms with E-state index in [0.717, 1.165) is 0 Å². The molecule has 1 N–H and O–H groups in total. The van der Waals surface area contributed by atoms with Crippen molar-refractivity contribution in [1.29, 1.82) is 0 Å². The molecule has 0 bridgehead atoms. The molecule has 1 saturated heterocycles. The molecule has 1 heterocycles. The first kappa shape index (κ1) is 9.05. The Labute approximate surface area is 70.6 Å². The summed E-state index contributed by atoms with van der Waals surface area (Å²) in [6.45, 7) is 10.5. The summed E-state index contributed by atoms with van der Waals surface area (Å²) in [5, 5.41) is 3.59. The van der Waals surface area contributed by atoms with Crippen LogP contribution in [0.3, 0.4) is 0 Å². The van der Waals surface area contributed by atoms with Crippen molar-refractivity contribution in [3.8, 4) is 0 Å². The highest BCUT2D eigenvalue weighted by Gasteiger charge is 2.32. The van der Waals surface area contributed by atoms with Gasteiger partial charge in [0.1, 0.15) is 0 Å². The Morgan fingerprint density at radius 2 is 2.00 bits per heavy atom. The van der Waals surface area contributed by atoms with Gasteiger partial charge in [-0.15, -0.1) is 0 Å². The van der Waals surface area contributed by atoms with Gasteiger partial charge in [0.2, 0.25) is 0 Å². The van der Waals surface area contributed by atoms with Crippen molar-refractivity contribution in [2.75, 3.05) is 6.54 Å². The van der Waals surface area contributed by atoms with Gasteiger partial charge in [0.25, 0.3) is 0 Å². The van der Waals surface area contributed by atoms with Gasteiger partial charge in [-0.25, -0.2) is 0 Å². The molecule has 0 aromatic heterocycles. The third-order valence-corrected chi connectivity index (χ3v) is 2.38.